The quantitative estimate of drug-likeness (QED) is 0.824. The van der Waals surface area contributed by atoms with Gasteiger partial charge in [-0.15, -0.1) is 0 Å². The summed E-state index contributed by atoms with van der Waals surface area (Å²) in [6.45, 7) is 0. The zero-order valence-corrected chi connectivity index (χ0v) is 15.9. The highest BCUT2D eigenvalue weighted by Gasteiger charge is 2.50. The van der Waals surface area contributed by atoms with E-state index in [-0.39, 0.29) is 36.1 Å². The van der Waals surface area contributed by atoms with Crippen molar-refractivity contribution in [1.29, 1.82) is 0 Å². The zero-order valence-electron chi connectivity index (χ0n) is 14.3. The van der Waals surface area contributed by atoms with Gasteiger partial charge in [0.15, 0.2) is 9.84 Å². The molecule has 0 aliphatic heterocycles. The van der Waals surface area contributed by atoms with Crippen LogP contribution in [0.4, 0.5) is 8.78 Å². The topological polar surface area (TPSA) is 77.2 Å². The fourth-order valence-corrected chi connectivity index (χ4v) is 6.03. The second-order valence-electron chi connectivity index (χ2n) is 6.75. The Kier molecular flexibility index (Phi) is 5.27. The van der Waals surface area contributed by atoms with E-state index in [9.17, 15) is 22.0 Å². The number of benzene rings is 2. The highest BCUT2D eigenvalue weighted by Crippen LogP contribution is 2.49. The molecule has 1 fully saturated rings. The molecule has 0 spiro atoms. The molecule has 1 saturated carbocycles. The van der Waals surface area contributed by atoms with E-state index in [0.717, 1.165) is 18.2 Å². The van der Waals surface area contributed by atoms with E-state index in [1.807, 2.05) is 0 Å². The van der Waals surface area contributed by atoms with Gasteiger partial charge >= 0.3 is 0 Å². The van der Waals surface area contributed by atoms with E-state index in [1.54, 1.807) is 0 Å². The van der Waals surface area contributed by atoms with E-state index in [4.69, 9.17) is 17.3 Å². The van der Waals surface area contributed by atoms with E-state index in [0.29, 0.717) is 5.02 Å². The van der Waals surface area contributed by atoms with E-state index in [2.05, 4.69) is 0 Å². The Bertz CT molecular complexity index is 969. The summed E-state index contributed by atoms with van der Waals surface area (Å²) < 4.78 is 53.8. The second-order valence-corrected chi connectivity index (χ2v) is 9.45. The van der Waals surface area contributed by atoms with Crippen LogP contribution in [0.5, 0.6) is 0 Å². The molecule has 2 N–H and O–H groups in total. The summed E-state index contributed by atoms with van der Waals surface area (Å²) in [5.74, 6) is -2.54. The molecule has 0 saturated heterocycles. The molecule has 2 aromatic rings. The van der Waals surface area contributed by atoms with Crippen LogP contribution in [0.15, 0.2) is 47.4 Å². The molecule has 8 heteroatoms. The molecule has 0 radical (unpaired) electrons. The van der Waals surface area contributed by atoms with Crippen molar-refractivity contribution < 1.29 is 22.0 Å². The fraction of sp³-hybridized carbons (Fsp3) is 0.316. The third-order valence-corrected chi connectivity index (χ3v) is 8.05. The van der Waals surface area contributed by atoms with Gasteiger partial charge in [-0.05, 0) is 68.1 Å². The average Bonchev–Trinajstić information content (AvgIpc) is 2.64. The molecule has 0 heterocycles. The summed E-state index contributed by atoms with van der Waals surface area (Å²) in [7, 11) is -4.10. The lowest BCUT2D eigenvalue weighted by Crippen LogP contribution is -2.42. The van der Waals surface area contributed by atoms with Gasteiger partial charge in [0.1, 0.15) is 16.4 Å². The van der Waals surface area contributed by atoms with Crippen molar-refractivity contribution in [2.24, 2.45) is 11.7 Å². The maximum absolute atomic E-state index is 14.6. The van der Waals surface area contributed by atoms with E-state index >= 15 is 0 Å². The predicted octanol–water partition coefficient (Wildman–Crippen LogP) is 3.96. The summed E-state index contributed by atoms with van der Waals surface area (Å²) >= 11 is 5.84. The molecule has 1 amide bonds. The van der Waals surface area contributed by atoms with Crippen molar-refractivity contribution in [3.05, 3.63) is 64.7 Å². The lowest BCUT2D eigenvalue weighted by molar-refractivity contribution is -0.122. The summed E-state index contributed by atoms with van der Waals surface area (Å²) in [6.07, 6.45) is 0.286. The van der Waals surface area contributed by atoms with E-state index in [1.165, 1.54) is 24.3 Å². The monoisotopic (exact) mass is 413 g/mol. The summed E-state index contributed by atoms with van der Waals surface area (Å²) in [4.78, 5) is 11.5. The first-order valence-corrected chi connectivity index (χ1v) is 10.3. The van der Waals surface area contributed by atoms with E-state index < -0.39 is 38.0 Å². The Morgan fingerprint density at radius 3 is 2.22 bits per heavy atom. The summed E-state index contributed by atoms with van der Waals surface area (Å²) in [5, 5.41) is 0.359. The third kappa shape index (κ3) is 3.46. The van der Waals surface area contributed by atoms with Crippen LogP contribution in [0, 0.1) is 17.6 Å². The van der Waals surface area contributed by atoms with Gasteiger partial charge in [0, 0.05) is 16.5 Å². The molecule has 0 unspecified atom stereocenters. The van der Waals surface area contributed by atoms with Gasteiger partial charge in [0.2, 0.25) is 5.91 Å². The molecular formula is C19H18ClF2NO3S. The Labute approximate surface area is 161 Å². The predicted molar refractivity (Wildman–Crippen MR) is 97.8 cm³/mol. The van der Waals surface area contributed by atoms with Gasteiger partial charge in [-0.2, -0.15) is 0 Å². The molecule has 2 aromatic carbocycles. The molecule has 3 rings (SSSR count). The molecular weight excluding hydrogens is 396 g/mol. The molecule has 1 aliphatic carbocycles. The van der Waals surface area contributed by atoms with Gasteiger partial charge in [0.25, 0.3) is 0 Å². The maximum Gasteiger partial charge on any atom is 0.220 e. The number of sulfone groups is 1. The Morgan fingerprint density at radius 1 is 1.07 bits per heavy atom. The van der Waals surface area contributed by atoms with Crippen LogP contribution in [-0.4, -0.2) is 14.3 Å². The summed E-state index contributed by atoms with van der Waals surface area (Å²) in [5.41, 5.74) is 5.13. The Morgan fingerprint density at radius 2 is 1.67 bits per heavy atom. The Balaban J connectivity index is 2.18. The molecule has 0 aromatic heterocycles. The number of carbonyl (C=O) groups is 1. The first kappa shape index (κ1) is 19.8. The molecule has 144 valence electrons. The van der Waals surface area contributed by atoms with Crippen LogP contribution in [0.1, 0.15) is 31.2 Å². The minimum absolute atomic E-state index is 0.0342. The average molecular weight is 414 g/mol. The standard InChI is InChI=1S/C19H18ClF2NO3S/c20-13-1-4-15(5-2-13)27(25,26)19(9-7-12(8-10-19)18(23)24)16-11-14(21)3-6-17(16)22/h1-6,11-12H,7-10H2,(H2,23,24)/t12-,19+. The van der Waals surface area contributed by atoms with Crippen LogP contribution in [0.2, 0.25) is 5.02 Å². The molecule has 1 aliphatic rings. The molecule has 0 atom stereocenters. The first-order valence-electron chi connectivity index (χ1n) is 8.42. The number of nitrogens with two attached hydrogens (primary N) is 1. The van der Waals surface area contributed by atoms with Crippen LogP contribution >= 0.6 is 11.6 Å². The zero-order chi connectivity index (χ0) is 19.8. The van der Waals surface area contributed by atoms with Crippen molar-refractivity contribution in [1.82, 2.24) is 0 Å². The SMILES string of the molecule is NC(=O)[C@H]1CC[C@@](c2cc(F)ccc2F)(S(=O)(=O)c2ccc(Cl)cc2)CC1. The van der Waals surface area contributed by atoms with Crippen molar-refractivity contribution in [2.75, 3.05) is 0 Å². The minimum atomic E-state index is -4.10. The van der Waals surface area contributed by atoms with Gasteiger partial charge in [-0.3, -0.25) is 4.79 Å². The lowest BCUT2D eigenvalue weighted by atomic mass is 9.77. The number of halogens is 3. The number of hydrogen-bond donors (Lipinski definition) is 1. The van der Waals surface area contributed by atoms with Gasteiger partial charge in [-0.25, -0.2) is 17.2 Å². The van der Waals surface area contributed by atoms with Gasteiger partial charge in [-0.1, -0.05) is 11.6 Å². The minimum Gasteiger partial charge on any atom is -0.369 e. The van der Waals surface area contributed by atoms with Gasteiger partial charge in [0.05, 0.1) is 4.90 Å². The number of carbonyl (C=O) groups excluding carboxylic acids is 1. The number of hydrogen-bond acceptors (Lipinski definition) is 3. The number of primary amides is 1. The fourth-order valence-electron chi connectivity index (χ4n) is 3.74. The largest absolute Gasteiger partial charge is 0.369 e. The van der Waals surface area contributed by atoms with Crippen LogP contribution in [0.25, 0.3) is 0 Å². The highest BCUT2D eigenvalue weighted by atomic mass is 35.5. The summed E-state index contributed by atoms with van der Waals surface area (Å²) in [6, 6.07) is 8.33. The first-order chi connectivity index (χ1) is 12.7. The highest BCUT2D eigenvalue weighted by molar-refractivity contribution is 7.92. The second kappa shape index (κ2) is 7.20. The van der Waals surface area contributed by atoms with Crippen LogP contribution in [-0.2, 0) is 19.4 Å². The molecule has 27 heavy (non-hydrogen) atoms. The van der Waals surface area contributed by atoms with Crippen molar-refractivity contribution in [3.8, 4) is 0 Å². The normalized spacial score (nSPS) is 23.1. The Hall–Kier alpha value is -1.99. The van der Waals surface area contributed by atoms with Gasteiger partial charge < -0.3 is 5.73 Å². The molecule has 4 nitrogen and oxygen atoms in total. The smallest absolute Gasteiger partial charge is 0.220 e. The van der Waals surface area contributed by atoms with Crippen molar-refractivity contribution in [2.45, 2.75) is 35.3 Å². The molecule has 0 bridgehead atoms. The maximum atomic E-state index is 14.6. The number of amides is 1. The third-order valence-electron chi connectivity index (χ3n) is 5.25. The van der Waals surface area contributed by atoms with Crippen LogP contribution < -0.4 is 5.73 Å². The van der Waals surface area contributed by atoms with Crippen LogP contribution in [0.3, 0.4) is 0 Å². The van der Waals surface area contributed by atoms with Crippen molar-refractivity contribution >= 4 is 27.3 Å². The number of rotatable bonds is 4. The van der Waals surface area contributed by atoms with Crippen molar-refractivity contribution in [3.63, 3.8) is 0 Å². The lowest BCUT2D eigenvalue weighted by Gasteiger charge is -2.39.